The van der Waals surface area contributed by atoms with Crippen molar-refractivity contribution < 1.29 is 8.42 Å². The number of rotatable bonds is 5. The summed E-state index contributed by atoms with van der Waals surface area (Å²) in [6, 6.07) is 1.95. The van der Waals surface area contributed by atoms with Crippen molar-refractivity contribution in [1.82, 2.24) is 23.8 Å². The van der Waals surface area contributed by atoms with E-state index in [0.29, 0.717) is 25.5 Å². The van der Waals surface area contributed by atoms with Crippen molar-refractivity contribution in [1.29, 1.82) is 0 Å². The molecule has 30 heavy (non-hydrogen) atoms. The molecule has 5 rings (SSSR count). The molecule has 0 aliphatic carbocycles. The highest BCUT2D eigenvalue weighted by Gasteiger charge is 2.35. The molecule has 2 atom stereocenters. The Morgan fingerprint density at radius 1 is 1.33 bits per heavy atom. The first-order valence-corrected chi connectivity index (χ1v) is 11.8. The van der Waals surface area contributed by atoms with E-state index >= 15 is 0 Å². The molecule has 0 saturated carbocycles. The second-order valence-corrected chi connectivity index (χ2v) is 9.84. The Hall–Kier alpha value is -2.69. The highest BCUT2D eigenvalue weighted by atomic mass is 32.2. The van der Waals surface area contributed by atoms with Gasteiger partial charge in [0.2, 0.25) is 16.0 Å². The Morgan fingerprint density at radius 3 is 3.00 bits per heavy atom. The molecule has 2 unspecified atom stereocenters. The van der Waals surface area contributed by atoms with Crippen LogP contribution in [0.5, 0.6) is 0 Å². The van der Waals surface area contributed by atoms with E-state index in [1.54, 1.807) is 10.5 Å². The van der Waals surface area contributed by atoms with Gasteiger partial charge in [-0.25, -0.2) is 18.4 Å². The monoisotopic (exact) mass is 427 g/mol. The zero-order valence-electron chi connectivity index (χ0n) is 16.8. The second-order valence-electron chi connectivity index (χ2n) is 7.75. The largest absolute Gasteiger partial charge is 0.346 e. The van der Waals surface area contributed by atoms with Crippen LogP contribution in [0.4, 0.5) is 5.95 Å². The summed E-state index contributed by atoms with van der Waals surface area (Å²) in [5.41, 5.74) is 8.83. The summed E-state index contributed by atoms with van der Waals surface area (Å²) in [6.07, 6.45) is 12.2. The zero-order chi connectivity index (χ0) is 20.9. The summed E-state index contributed by atoms with van der Waals surface area (Å²) in [5, 5.41) is 0.964. The number of hydrogen-bond acceptors (Lipinski definition) is 6. The fourth-order valence-electron chi connectivity index (χ4n) is 4.38. The third kappa shape index (κ3) is 3.03. The summed E-state index contributed by atoms with van der Waals surface area (Å²) in [6.45, 7) is 2.83. The molecule has 1 fully saturated rings. The van der Waals surface area contributed by atoms with Gasteiger partial charge in [-0.2, -0.15) is 4.31 Å². The summed E-state index contributed by atoms with van der Waals surface area (Å²) < 4.78 is 29.1. The molecule has 2 aliphatic rings. The van der Waals surface area contributed by atoms with Gasteiger partial charge >= 0.3 is 0 Å². The topological polar surface area (TPSA) is 113 Å². The summed E-state index contributed by atoms with van der Waals surface area (Å²) in [4.78, 5) is 14.4. The van der Waals surface area contributed by atoms with Crippen molar-refractivity contribution in [2.45, 2.75) is 32.0 Å². The van der Waals surface area contributed by atoms with Crippen molar-refractivity contribution in [2.75, 3.05) is 23.7 Å². The predicted molar refractivity (Wildman–Crippen MR) is 117 cm³/mol. The standard InChI is InChI=1S/C20H25N7O2S/c1-2-11-30(28,29)25-10-7-14(13-25)27-18-15-6-8-22-19(15)23-12-16(18)24-20(27)26-9-4-3-5-17(26)21/h3-6,8-9,12,14,17H,2,7,10-11,13,21H2,1H3,(H,22,23). The Labute approximate surface area is 174 Å². The van der Waals surface area contributed by atoms with Crippen LogP contribution in [-0.4, -0.2) is 57.3 Å². The Morgan fingerprint density at radius 2 is 2.20 bits per heavy atom. The third-order valence-corrected chi connectivity index (χ3v) is 7.82. The average Bonchev–Trinajstić information content (AvgIpc) is 3.45. The maximum atomic E-state index is 12.7. The van der Waals surface area contributed by atoms with Crippen LogP contribution in [0.25, 0.3) is 22.1 Å². The maximum Gasteiger partial charge on any atom is 0.214 e. The number of imidazole rings is 1. The molecule has 3 aromatic rings. The number of fused-ring (bicyclic) bond motifs is 3. The minimum atomic E-state index is -3.25. The van der Waals surface area contributed by atoms with Gasteiger partial charge in [0.25, 0.3) is 0 Å². The Balaban J connectivity index is 1.66. The minimum Gasteiger partial charge on any atom is -0.346 e. The number of anilines is 1. The summed E-state index contributed by atoms with van der Waals surface area (Å²) in [5.74, 6) is 0.877. The number of allylic oxidation sites excluding steroid dienone is 2. The molecule has 0 aromatic carbocycles. The smallest absolute Gasteiger partial charge is 0.214 e. The van der Waals surface area contributed by atoms with Crippen LogP contribution in [0.3, 0.4) is 0 Å². The molecule has 158 valence electrons. The van der Waals surface area contributed by atoms with E-state index in [1.165, 1.54) is 0 Å². The zero-order valence-corrected chi connectivity index (χ0v) is 17.6. The van der Waals surface area contributed by atoms with E-state index in [-0.39, 0.29) is 18.0 Å². The lowest BCUT2D eigenvalue weighted by Crippen LogP contribution is -2.40. The van der Waals surface area contributed by atoms with Crippen molar-refractivity contribution in [3.8, 4) is 0 Å². The van der Waals surface area contributed by atoms with Gasteiger partial charge in [0, 0.05) is 30.9 Å². The average molecular weight is 428 g/mol. The van der Waals surface area contributed by atoms with Crippen LogP contribution in [0.2, 0.25) is 0 Å². The minimum absolute atomic E-state index is 0.0383. The van der Waals surface area contributed by atoms with Gasteiger partial charge in [-0.05, 0) is 31.1 Å². The van der Waals surface area contributed by atoms with Crippen molar-refractivity contribution in [3.05, 3.63) is 42.9 Å². The highest BCUT2D eigenvalue weighted by molar-refractivity contribution is 7.89. The summed E-state index contributed by atoms with van der Waals surface area (Å²) >= 11 is 0. The van der Waals surface area contributed by atoms with Crippen molar-refractivity contribution in [2.24, 2.45) is 5.73 Å². The van der Waals surface area contributed by atoms with Gasteiger partial charge in [0.05, 0.1) is 23.5 Å². The van der Waals surface area contributed by atoms with Gasteiger partial charge in [-0.15, -0.1) is 0 Å². The van der Waals surface area contributed by atoms with E-state index in [1.807, 2.05) is 48.5 Å². The Kier molecular flexibility index (Phi) is 4.64. The number of aromatic amines is 1. The van der Waals surface area contributed by atoms with Crippen LogP contribution in [0.15, 0.2) is 42.9 Å². The van der Waals surface area contributed by atoms with Crippen LogP contribution >= 0.6 is 0 Å². The molecule has 1 saturated heterocycles. The molecule has 10 heteroatoms. The first-order chi connectivity index (χ1) is 14.5. The van der Waals surface area contributed by atoms with Crippen molar-refractivity contribution in [3.63, 3.8) is 0 Å². The van der Waals surface area contributed by atoms with Gasteiger partial charge < -0.3 is 15.3 Å². The first kappa shape index (κ1) is 19.3. The Bertz CT molecular complexity index is 1260. The molecule has 0 amide bonds. The molecule has 2 aliphatic heterocycles. The fraction of sp³-hybridized carbons (Fsp3) is 0.400. The number of sulfonamides is 1. The highest BCUT2D eigenvalue weighted by Crippen LogP contribution is 2.36. The third-order valence-electron chi connectivity index (χ3n) is 5.78. The molecule has 0 radical (unpaired) electrons. The van der Waals surface area contributed by atoms with Crippen molar-refractivity contribution >= 4 is 38.0 Å². The van der Waals surface area contributed by atoms with Gasteiger partial charge in [-0.1, -0.05) is 13.0 Å². The number of nitrogens with two attached hydrogens (primary N) is 1. The van der Waals surface area contributed by atoms with Gasteiger partial charge in [-0.3, -0.25) is 4.90 Å². The van der Waals surface area contributed by atoms with E-state index in [9.17, 15) is 8.42 Å². The lowest BCUT2D eigenvalue weighted by molar-refractivity contribution is 0.454. The van der Waals surface area contributed by atoms with E-state index in [4.69, 9.17) is 10.7 Å². The quantitative estimate of drug-likeness (QED) is 0.644. The van der Waals surface area contributed by atoms with Crippen LogP contribution < -0.4 is 10.6 Å². The lowest BCUT2D eigenvalue weighted by Gasteiger charge is -2.29. The normalized spacial score (nSPS) is 22.7. The maximum absolute atomic E-state index is 12.7. The molecule has 3 N–H and O–H groups in total. The molecule has 3 aromatic heterocycles. The molecular formula is C20H25N7O2S. The van der Waals surface area contributed by atoms with Crippen LogP contribution in [0.1, 0.15) is 25.8 Å². The second kappa shape index (κ2) is 7.22. The number of nitrogens with zero attached hydrogens (tertiary/aromatic N) is 5. The number of aromatic nitrogens is 4. The molecular weight excluding hydrogens is 402 g/mol. The predicted octanol–water partition coefficient (Wildman–Crippen LogP) is 2.07. The molecule has 5 heterocycles. The number of nitrogens with one attached hydrogen (secondary N) is 1. The first-order valence-electron chi connectivity index (χ1n) is 10.2. The van der Waals surface area contributed by atoms with E-state index < -0.39 is 10.0 Å². The number of hydrogen-bond donors (Lipinski definition) is 2. The molecule has 0 spiro atoms. The summed E-state index contributed by atoms with van der Waals surface area (Å²) in [7, 11) is -3.25. The number of H-pyrrole nitrogens is 1. The lowest BCUT2D eigenvalue weighted by atomic mass is 10.2. The van der Waals surface area contributed by atoms with E-state index in [2.05, 4.69) is 14.5 Å². The SMILES string of the molecule is CCCS(=O)(=O)N1CCC(n2c(N3C=CC=CC3N)nc3cnc4[nH]ccc4c32)C1. The van der Waals surface area contributed by atoms with Crippen LogP contribution in [0, 0.1) is 0 Å². The molecule has 0 bridgehead atoms. The van der Waals surface area contributed by atoms with Gasteiger partial charge in [0.1, 0.15) is 17.3 Å². The molecule has 9 nitrogen and oxygen atoms in total. The van der Waals surface area contributed by atoms with Crippen LogP contribution in [-0.2, 0) is 10.0 Å². The van der Waals surface area contributed by atoms with E-state index in [0.717, 1.165) is 28.5 Å². The number of pyridine rings is 1. The fourth-order valence-corrected chi connectivity index (χ4v) is 5.94. The van der Waals surface area contributed by atoms with Gasteiger partial charge in [0.15, 0.2) is 0 Å².